The maximum absolute atomic E-state index is 12.3. The highest BCUT2D eigenvalue weighted by atomic mass is 28.4. The van der Waals surface area contributed by atoms with Crippen molar-refractivity contribution < 1.29 is 9.16 Å². The van der Waals surface area contributed by atoms with Gasteiger partial charge in [0.2, 0.25) is 0 Å². The van der Waals surface area contributed by atoms with Crippen LogP contribution in [0.1, 0.15) is 34.6 Å². The Bertz CT molecular complexity index is 865. The van der Waals surface area contributed by atoms with Crippen LogP contribution in [0.15, 0.2) is 23.0 Å². The van der Waals surface area contributed by atoms with Crippen molar-refractivity contribution in [1.82, 2.24) is 19.8 Å². The van der Waals surface area contributed by atoms with Crippen LogP contribution in [0.2, 0.25) is 18.1 Å². The first-order valence-electron chi connectivity index (χ1n) is 8.95. The molecule has 0 amide bonds. The Balaban J connectivity index is 2.29. The Labute approximate surface area is 161 Å². The molecule has 0 fully saturated rings. The van der Waals surface area contributed by atoms with E-state index in [4.69, 9.17) is 14.9 Å². The van der Waals surface area contributed by atoms with Crippen molar-refractivity contribution in [2.24, 2.45) is 7.05 Å². The second-order valence-corrected chi connectivity index (χ2v) is 13.7. The normalized spacial score (nSPS) is 13.0. The molecule has 0 aliphatic rings. The van der Waals surface area contributed by atoms with Crippen LogP contribution < -0.4 is 16.2 Å². The fraction of sp³-hybridized carbons (Fsp3) is 0.611. The molecule has 0 bridgehead atoms. The van der Waals surface area contributed by atoms with E-state index in [2.05, 4.69) is 44.3 Å². The van der Waals surface area contributed by atoms with Crippen LogP contribution >= 0.6 is 0 Å². The zero-order chi connectivity index (χ0) is 20.6. The molecule has 0 saturated heterocycles. The number of rotatable bonds is 6. The highest BCUT2D eigenvalue weighted by Gasteiger charge is 2.39. The van der Waals surface area contributed by atoms with Gasteiger partial charge in [-0.15, -0.1) is 0 Å². The summed E-state index contributed by atoms with van der Waals surface area (Å²) in [5.41, 5.74) is 5.88. The quantitative estimate of drug-likeness (QED) is 0.599. The van der Waals surface area contributed by atoms with Crippen LogP contribution in [-0.4, -0.2) is 40.3 Å². The molecule has 0 aliphatic heterocycles. The molecule has 0 saturated carbocycles. The lowest BCUT2D eigenvalue weighted by Gasteiger charge is -2.39. The molecular weight excluding hydrogens is 362 g/mol. The molecule has 150 valence electrons. The SMILES string of the molecule is Cn1nnn(-c2cc(N)ccc2OC(C)(C)CO[Si](C)(C)C(C)(C)C)c1=O. The third-order valence-corrected chi connectivity index (χ3v) is 9.38. The van der Waals surface area contributed by atoms with E-state index in [1.165, 1.54) is 11.7 Å². The molecule has 1 heterocycles. The predicted molar refractivity (Wildman–Crippen MR) is 109 cm³/mol. The average molecular weight is 394 g/mol. The monoisotopic (exact) mass is 393 g/mol. The highest BCUT2D eigenvalue weighted by Crippen LogP contribution is 2.37. The van der Waals surface area contributed by atoms with E-state index >= 15 is 0 Å². The highest BCUT2D eigenvalue weighted by molar-refractivity contribution is 6.74. The minimum absolute atomic E-state index is 0.113. The summed E-state index contributed by atoms with van der Waals surface area (Å²) in [5.74, 6) is 0.496. The molecule has 0 atom stereocenters. The summed E-state index contributed by atoms with van der Waals surface area (Å²) in [4.78, 5) is 12.3. The molecule has 0 aliphatic carbocycles. The Morgan fingerprint density at radius 1 is 1.15 bits per heavy atom. The molecular formula is C18H31N5O3Si. The van der Waals surface area contributed by atoms with Gasteiger partial charge in [0.1, 0.15) is 17.0 Å². The van der Waals surface area contributed by atoms with E-state index < -0.39 is 13.9 Å². The molecule has 2 N–H and O–H groups in total. The summed E-state index contributed by atoms with van der Waals surface area (Å²) in [6.45, 7) is 15.4. The number of nitrogen functional groups attached to an aromatic ring is 1. The number of benzene rings is 1. The summed E-state index contributed by atoms with van der Waals surface area (Å²) >= 11 is 0. The van der Waals surface area contributed by atoms with Gasteiger partial charge in [0.05, 0.1) is 6.61 Å². The predicted octanol–water partition coefficient (Wildman–Crippen LogP) is 2.73. The Hall–Kier alpha value is -2.13. The minimum Gasteiger partial charge on any atom is -0.483 e. The Morgan fingerprint density at radius 2 is 1.78 bits per heavy atom. The lowest BCUT2D eigenvalue weighted by Crippen LogP contribution is -2.46. The van der Waals surface area contributed by atoms with Crippen LogP contribution in [0.3, 0.4) is 0 Å². The standard InChI is InChI=1S/C18H31N5O3Si/c1-17(2,3)27(7,8)25-12-18(4,5)26-15-10-9-13(19)11-14(15)23-16(24)22(6)20-21-23/h9-11H,12,19H2,1-8H3. The van der Waals surface area contributed by atoms with Gasteiger partial charge in [-0.2, -0.15) is 9.36 Å². The summed E-state index contributed by atoms with van der Waals surface area (Å²) < 4.78 is 14.9. The van der Waals surface area contributed by atoms with Crippen LogP contribution in [0.5, 0.6) is 5.75 Å². The molecule has 1 aromatic carbocycles. The minimum atomic E-state index is -1.90. The zero-order valence-electron chi connectivity index (χ0n) is 17.5. The van der Waals surface area contributed by atoms with Crippen molar-refractivity contribution in [3.63, 3.8) is 0 Å². The first-order valence-corrected chi connectivity index (χ1v) is 11.9. The number of nitrogens with zero attached hydrogens (tertiary/aromatic N) is 4. The van der Waals surface area contributed by atoms with Gasteiger partial charge in [-0.25, -0.2) is 4.79 Å². The van der Waals surface area contributed by atoms with Crippen LogP contribution in [-0.2, 0) is 11.5 Å². The van der Waals surface area contributed by atoms with Gasteiger partial charge >= 0.3 is 5.69 Å². The Kier molecular flexibility index (Phi) is 5.58. The number of ether oxygens (including phenoxy) is 1. The summed E-state index contributed by atoms with van der Waals surface area (Å²) in [7, 11) is -0.368. The first kappa shape index (κ1) is 21.2. The van der Waals surface area contributed by atoms with E-state index in [9.17, 15) is 4.79 Å². The van der Waals surface area contributed by atoms with Gasteiger partial charge in [-0.1, -0.05) is 20.8 Å². The number of nitrogens with two attached hydrogens (primary N) is 1. The summed E-state index contributed by atoms with van der Waals surface area (Å²) in [6.07, 6.45) is 0. The van der Waals surface area contributed by atoms with Crippen molar-refractivity contribution in [2.45, 2.75) is 58.4 Å². The van der Waals surface area contributed by atoms with Crippen molar-refractivity contribution in [1.29, 1.82) is 0 Å². The van der Waals surface area contributed by atoms with E-state index in [0.29, 0.717) is 23.7 Å². The molecule has 0 unspecified atom stereocenters. The number of tetrazole rings is 1. The van der Waals surface area contributed by atoms with E-state index in [1.807, 2.05) is 13.8 Å². The zero-order valence-corrected chi connectivity index (χ0v) is 18.5. The number of hydrogen-bond donors (Lipinski definition) is 1. The molecule has 2 aromatic rings. The summed E-state index contributed by atoms with van der Waals surface area (Å²) in [6, 6.07) is 5.11. The van der Waals surface area contributed by atoms with Crippen molar-refractivity contribution >= 4 is 14.0 Å². The van der Waals surface area contributed by atoms with Gasteiger partial charge < -0.3 is 14.9 Å². The van der Waals surface area contributed by atoms with Crippen LogP contribution in [0, 0.1) is 0 Å². The number of aromatic nitrogens is 4. The van der Waals surface area contributed by atoms with E-state index in [-0.39, 0.29) is 10.7 Å². The molecule has 1 aromatic heterocycles. The van der Waals surface area contributed by atoms with Crippen molar-refractivity contribution in [3.8, 4) is 11.4 Å². The van der Waals surface area contributed by atoms with Gasteiger partial charge in [0.15, 0.2) is 8.32 Å². The molecule has 9 heteroatoms. The van der Waals surface area contributed by atoms with Gasteiger partial charge in [0.25, 0.3) is 0 Å². The Morgan fingerprint density at radius 3 is 2.30 bits per heavy atom. The topological polar surface area (TPSA) is 97.2 Å². The number of anilines is 1. The maximum atomic E-state index is 12.3. The second kappa shape index (κ2) is 7.12. The lowest BCUT2D eigenvalue weighted by atomic mass is 10.1. The van der Waals surface area contributed by atoms with Crippen molar-refractivity contribution in [2.75, 3.05) is 12.3 Å². The van der Waals surface area contributed by atoms with Gasteiger partial charge in [0, 0.05) is 12.7 Å². The molecule has 8 nitrogen and oxygen atoms in total. The summed E-state index contributed by atoms with van der Waals surface area (Å²) in [5, 5.41) is 7.76. The second-order valence-electron chi connectivity index (χ2n) is 8.93. The largest absolute Gasteiger partial charge is 0.483 e. The van der Waals surface area contributed by atoms with E-state index in [0.717, 1.165) is 4.68 Å². The van der Waals surface area contributed by atoms with Gasteiger partial charge in [-0.05, 0) is 60.6 Å². The molecule has 0 radical (unpaired) electrons. The lowest BCUT2D eigenvalue weighted by molar-refractivity contribution is 0.0460. The third kappa shape index (κ3) is 4.78. The number of aryl methyl sites for hydroxylation is 1. The smallest absolute Gasteiger partial charge is 0.368 e. The molecule has 0 spiro atoms. The van der Waals surface area contributed by atoms with Gasteiger partial charge in [-0.3, -0.25) is 0 Å². The fourth-order valence-corrected chi connectivity index (χ4v) is 3.29. The van der Waals surface area contributed by atoms with Crippen LogP contribution in [0.4, 0.5) is 5.69 Å². The van der Waals surface area contributed by atoms with E-state index in [1.54, 1.807) is 18.2 Å². The molecule has 2 rings (SSSR count). The first-order chi connectivity index (χ1) is 12.2. The van der Waals surface area contributed by atoms with Crippen molar-refractivity contribution in [3.05, 3.63) is 28.7 Å². The third-order valence-electron chi connectivity index (χ3n) is 4.91. The maximum Gasteiger partial charge on any atom is 0.368 e. The van der Waals surface area contributed by atoms with Crippen LogP contribution in [0.25, 0.3) is 5.69 Å². The fourth-order valence-electron chi connectivity index (χ4n) is 2.15. The molecule has 27 heavy (non-hydrogen) atoms. The number of hydrogen-bond acceptors (Lipinski definition) is 6. The average Bonchev–Trinajstić information content (AvgIpc) is 2.86.